The maximum absolute atomic E-state index is 2.45. The molecule has 7 rings (SSSR count). The van der Waals surface area contributed by atoms with E-state index in [0.717, 1.165) is 6.54 Å². The van der Waals surface area contributed by atoms with Gasteiger partial charge in [0.15, 0.2) is 0 Å². The van der Waals surface area contributed by atoms with E-state index in [-0.39, 0.29) is 0 Å². The SMILES string of the molecule is C/C=C\C=C/Cn1c2ccccc2c2c1ccc1c3ccccc3n(-c3ccc(-c4ccccc4)cc3)c12. The van der Waals surface area contributed by atoms with Gasteiger partial charge in [-0.25, -0.2) is 0 Å². The van der Waals surface area contributed by atoms with E-state index in [1.54, 1.807) is 0 Å². The lowest BCUT2D eigenvalue weighted by atomic mass is 10.1. The van der Waals surface area contributed by atoms with Crippen LogP contribution in [0.1, 0.15) is 6.92 Å². The summed E-state index contributed by atoms with van der Waals surface area (Å²) in [6, 6.07) is 41.8. The summed E-state index contributed by atoms with van der Waals surface area (Å²) in [4.78, 5) is 0. The first-order chi connectivity index (χ1) is 18.8. The second-order valence-corrected chi connectivity index (χ2v) is 9.70. The molecule has 0 spiro atoms. The minimum absolute atomic E-state index is 0.825. The summed E-state index contributed by atoms with van der Waals surface area (Å²) in [5, 5.41) is 5.16. The van der Waals surface area contributed by atoms with E-state index in [4.69, 9.17) is 0 Å². The predicted octanol–water partition coefficient (Wildman–Crippen LogP) is 9.69. The zero-order chi connectivity index (χ0) is 25.5. The molecule has 0 atom stereocenters. The summed E-state index contributed by atoms with van der Waals surface area (Å²) in [6.45, 7) is 2.87. The van der Waals surface area contributed by atoms with Gasteiger partial charge in [0.1, 0.15) is 0 Å². The number of nitrogens with zero attached hydrogens (tertiary/aromatic N) is 2. The van der Waals surface area contributed by atoms with E-state index in [1.807, 2.05) is 6.92 Å². The summed E-state index contributed by atoms with van der Waals surface area (Å²) in [5.41, 5.74) is 8.65. The van der Waals surface area contributed by atoms with Crippen LogP contribution >= 0.6 is 0 Å². The molecule has 7 aromatic rings. The molecule has 5 aromatic carbocycles. The lowest BCUT2D eigenvalue weighted by molar-refractivity contribution is 0.899. The molecule has 0 bridgehead atoms. The van der Waals surface area contributed by atoms with Gasteiger partial charge in [0.05, 0.1) is 16.6 Å². The van der Waals surface area contributed by atoms with Gasteiger partial charge in [-0.1, -0.05) is 109 Å². The standard InChI is InChI=1S/C36H28N2/c1-2-3-4-12-25-37-32-17-10-9-16-31(32)35-34(37)24-23-30-29-15-8-11-18-33(29)38(36(30)35)28-21-19-27(20-22-28)26-13-6-5-7-14-26/h2-24H,25H2,1H3/b3-2-,12-4-. The average molecular weight is 489 g/mol. The third-order valence-electron chi connectivity index (χ3n) is 7.53. The fraction of sp³-hybridized carbons (Fsp3) is 0.0556. The molecule has 0 saturated carbocycles. The van der Waals surface area contributed by atoms with Gasteiger partial charge < -0.3 is 9.13 Å². The van der Waals surface area contributed by atoms with E-state index in [9.17, 15) is 0 Å². The van der Waals surface area contributed by atoms with Crippen LogP contribution in [0.2, 0.25) is 0 Å². The van der Waals surface area contributed by atoms with Gasteiger partial charge in [-0.3, -0.25) is 0 Å². The summed E-state index contributed by atoms with van der Waals surface area (Å²) in [5.74, 6) is 0. The molecule has 2 nitrogen and oxygen atoms in total. The molecule has 2 heterocycles. The summed E-state index contributed by atoms with van der Waals surface area (Å²) in [6.07, 6.45) is 8.51. The molecule has 0 aliphatic heterocycles. The van der Waals surface area contributed by atoms with Crippen molar-refractivity contribution in [1.29, 1.82) is 0 Å². The van der Waals surface area contributed by atoms with Crippen LogP contribution in [-0.4, -0.2) is 9.13 Å². The van der Waals surface area contributed by atoms with Gasteiger partial charge >= 0.3 is 0 Å². The average Bonchev–Trinajstić information content (AvgIpc) is 3.49. The zero-order valence-electron chi connectivity index (χ0n) is 21.4. The quantitative estimate of drug-likeness (QED) is 0.213. The van der Waals surface area contributed by atoms with Crippen molar-refractivity contribution in [2.75, 3.05) is 0 Å². The number of benzene rings is 5. The monoisotopic (exact) mass is 488 g/mol. The van der Waals surface area contributed by atoms with Crippen LogP contribution in [0.3, 0.4) is 0 Å². The van der Waals surface area contributed by atoms with E-state index in [0.29, 0.717) is 0 Å². The van der Waals surface area contributed by atoms with E-state index >= 15 is 0 Å². The maximum Gasteiger partial charge on any atom is 0.0641 e. The van der Waals surface area contributed by atoms with Crippen molar-refractivity contribution in [3.05, 3.63) is 140 Å². The van der Waals surface area contributed by atoms with E-state index < -0.39 is 0 Å². The van der Waals surface area contributed by atoms with Crippen LogP contribution in [0.25, 0.3) is 60.4 Å². The minimum atomic E-state index is 0.825. The van der Waals surface area contributed by atoms with Gasteiger partial charge in [-0.15, -0.1) is 0 Å². The summed E-state index contributed by atoms with van der Waals surface area (Å²) in [7, 11) is 0. The molecule has 0 aliphatic rings. The van der Waals surface area contributed by atoms with Crippen molar-refractivity contribution in [2.45, 2.75) is 13.5 Å². The highest BCUT2D eigenvalue weighted by Crippen LogP contribution is 2.41. The van der Waals surface area contributed by atoms with Crippen LogP contribution in [0.4, 0.5) is 0 Å². The number of para-hydroxylation sites is 2. The molecule has 0 radical (unpaired) electrons. The molecular weight excluding hydrogens is 460 g/mol. The largest absolute Gasteiger partial charge is 0.337 e. The molecule has 0 N–H and O–H groups in total. The Balaban J connectivity index is 1.54. The first-order valence-corrected chi connectivity index (χ1v) is 13.2. The Morgan fingerprint density at radius 1 is 0.553 bits per heavy atom. The van der Waals surface area contributed by atoms with Crippen LogP contribution in [-0.2, 0) is 6.54 Å². The number of fused-ring (bicyclic) bond motifs is 7. The number of aromatic nitrogens is 2. The Morgan fingerprint density at radius 3 is 2.03 bits per heavy atom. The van der Waals surface area contributed by atoms with Gasteiger partial charge in [0, 0.05) is 39.3 Å². The Morgan fingerprint density at radius 2 is 1.24 bits per heavy atom. The Labute approximate surface area is 222 Å². The van der Waals surface area contributed by atoms with Crippen LogP contribution in [0, 0.1) is 0 Å². The van der Waals surface area contributed by atoms with E-state index in [2.05, 4.69) is 149 Å². The highest BCUT2D eigenvalue weighted by Gasteiger charge is 2.19. The van der Waals surface area contributed by atoms with Crippen molar-refractivity contribution in [3.63, 3.8) is 0 Å². The molecule has 38 heavy (non-hydrogen) atoms. The fourth-order valence-electron chi connectivity index (χ4n) is 5.84. The number of hydrogen-bond donors (Lipinski definition) is 0. The number of hydrogen-bond acceptors (Lipinski definition) is 0. The zero-order valence-corrected chi connectivity index (χ0v) is 21.4. The first-order valence-electron chi connectivity index (χ1n) is 13.2. The van der Waals surface area contributed by atoms with Crippen LogP contribution < -0.4 is 0 Å². The van der Waals surface area contributed by atoms with Crippen molar-refractivity contribution in [2.24, 2.45) is 0 Å². The van der Waals surface area contributed by atoms with Gasteiger partial charge in [0.2, 0.25) is 0 Å². The van der Waals surface area contributed by atoms with Crippen molar-refractivity contribution in [3.8, 4) is 16.8 Å². The second-order valence-electron chi connectivity index (χ2n) is 9.70. The topological polar surface area (TPSA) is 9.86 Å². The maximum atomic E-state index is 2.45. The van der Waals surface area contributed by atoms with Gasteiger partial charge in [-0.05, 0) is 48.4 Å². The fourth-order valence-corrected chi connectivity index (χ4v) is 5.84. The highest BCUT2D eigenvalue weighted by atomic mass is 15.0. The smallest absolute Gasteiger partial charge is 0.0641 e. The molecule has 2 aromatic heterocycles. The normalized spacial score (nSPS) is 12.2. The Kier molecular flexibility index (Phi) is 5.44. The third kappa shape index (κ3) is 3.49. The second kappa shape index (κ2) is 9.24. The molecule has 0 fully saturated rings. The van der Waals surface area contributed by atoms with Crippen LogP contribution in [0.5, 0.6) is 0 Å². The highest BCUT2D eigenvalue weighted by molar-refractivity contribution is 6.25. The lowest BCUT2D eigenvalue weighted by Gasteiger charge is -2.11. The molecule has 182 valence electrons. The van der Waals surface area contributed by atoms with Gasteiger partial charge in [-0.2, -0.15) is 0 Å². The van der Waals surface area contributed by atoms with Crippen LogP contribution in [0.15, 0.2) is 140 Å². The molecule has 0 saturated heterocycles. The van der Waals surface area contributed by atoms with Crippen molar-refractivity contribution in [1.82, 2.24) is 9.13 Å². The minimum Gasteiger partial charge on any atom is -0.337 e. The van der Waals surface area contributed by atoms with E-state index in [1.165, 1.54) is 60.4 Å². The molecular formula is C36H28N2. The number of allylic oxidation sites excluding steroid dienone is 4. The molecule has 0 unspecified atom stereocenters. The third-order valence-corrected chi connectivity index (χ3v) is 7.53. The first kappa shape index (κ1) is 22.4. The van der Waals surface area contributed by atoms with Crippen molar-refractivity contribution < 1.29 is 0 Å². The Hall–Kier alpha value is -4.82. The lowest BCUT2D eigenvalue weighted by Crippen LogP contribution is -1.96. The predicted molar refractivity (Wildman–Crippen MR) is 163 cm³/mol. The molecule has 2 heteroatoms. The molecule has 0 aliphatic carbocycles. The van der Waals surface area contributed by atoms with Crippen molar-refractivity contribution >= 4 is 43.6 Å². The Bertz CT molecular complexity index is 1980. The number of rotatable bonds is 5. The summed E-state index contributed by atoms with van der Waals surface area (Å²) >= 11 is 0. The summed E-state index contributed by atoms with van der Waals surface area (Å²) < 4.78 is 4.89. The van der Waals surface area contributed by atoms with Gasteiger partial charge in [0.25, 0.3) is 0 Å². The molecule has 0 amide bonds.